The molecule has 0 spiro atoms. The zero-order chi connectivity index (χ0) is 11.5. The summed E-state index contributed by atoms with van der Waals surface area (Å²) in [7, 11) is 1.81. The van der Waals surface area contributed by atoms with Crippen molar-refractivity contribution in [2.75, 3.05) is 0 Å². The van der Waals surface area contributed by atoms with Crippen LogP contribution in [0, 0.1) is 5.82 Å². The number of aliphatic hydroxyl groups excluding tert-OH is 1. The molecule has 0 aliphatic rings. The molecule has 0 fully saturated rings. The van der Waals surface area contributed by atoms with Gasteiger partial charge >= 0.3 is 0 Å². The average Bonchev–Trinajstić information content (AvgIpc) is 2.65. The lowest BCUT2D eigenvalue weighted by Crippen LogP contribution is -1.95. The van der Waals surface area contributed by atoms with Gasteiger partial charge in [-0.05, 0) is 23.9 Å². The number of aliphatic hydroxyl groups is 1. The first-order chi connectivity index (χ1) is 7.72. The number of hydrogen-bond donors (Lipinski definition) is 1. The minimum atomic E-state index is -0.408. The zero-order valence-electron chi connectivity index (χ0n) is 8.59. The van der Waals surface area contributed by atoms with Gasteiger partial charge in [0.05, 0.1) is 6.61 Å². The van der Waals surface area contributed by atoms with Gasteiger partial charge in [0.1, 0.15) is 12.1 Å². The van der Waals surface area contributed by atoms with Gasteiger partial charge < -0.3 is 9.67 Å². The quantitative estimate of drug-likeness (QED) is 0.883. The van der Waals surface area contributed by atoms with Crippen LogP contribution in [-0.4, -0.2) is 19.9 Å². The van der Waals surface area contributed by atoms with Crippen molar-refractivity contribution in [3.05, 3.63) is 35.9 Å². The molecule has 2 rings (SSSR count). The van der Waals surface area contributed by atoms with Gasteiger partial charge in [-0.15, -0.1) is 10.2 Å². The molecule has 1 N–H and O–H groups in total. The van der Waals surface area contributed by atoms with Crippen LogP contribution in [0.5, 0.6) is 0 Å². The highest BCUT2D eigenvalue weighted by atomic mass is 32.2. The molecule has 84 valence electrons. The molecule has 1 heterocycles. The Balaban J connectivity index is 2.35. The Morgan fingerprint density at radius 2 is 2.31 bits per heavy atom. The number of nitrogens with zero attached hydrogens (tertiary/aromatic N) is 3. The summed E-state index contributed by atoms with van der Waals surface area (Å²) in [6.45, 7) is -0.327. The summed E-state index contributed by atoms with van der Waals surface area (Å²) in [5.74, 6) is -0.408. The van der Waals surface area contributed by atoms with E-state index in [1.807, 2.05) is 0 Å². The molecule has 0 atom stereocenters. The van der Waals surface area contributed by atoms with E-state index in [0.29, 0.717) is 10.1 Å². The fourth-order valence-corrected chi connectivity index (χ4v) is 2.16. The Labute approximate surface area is 96.1 Å². The molecule has 0 saturated carbocycles. The van der Waals surface area contributed by atoms with Crippen LogP contribution in [0.1, 0.15) is 5.56 Å². The molecule has 16 heavy (non-hydrogen) atoms. The Kier molecular flexibility index (Phi) is 3.21. The first kappa shape index (κ1) is 11.1. The Bertz CT molecular complexity index is 501. The largest absolute Gasteiger partial charge is 0.392 e. The molecule has 1 aromatic heterocycles. The van der Waals surface area contributed by atoms with E-state index in [-0.39, 0.29) is 12.2 Å². The van der Waals surface area contributed by atoms with Gasteiger partial charge in [0.2, 0.25) is 0 Å². The van der Waals surface area contributed by atoms with Gasteiger partial charge in [-0.1, -0.05) is 6.07 Å². The lowest BCUT2D eigenvalue weighted by Gasteiger charge is -2.06. The third-order valence-electron chi connectivity index (χ3n) is 2.11. The number of benzene rings is 1. The summed E-state index contributed by atoms with van der Waals surface area (Å²) < 4.78 is 15.1. The maximum atomic E-state index is 13.4. The van der Waals surface area contributed by atoms with Crippen LogP contribution in [0.25, 0.3) is 0 Å². The average molecular weight is 239 g/mol. The fourth-order valence-electron chi connectivity index (χ4n) is 1.25. The molecule has 4 nitrogen and oxygen atoms in total. The molecule has 0 aliphatic heterocycles. The molecule has 6 heteroatoms. The summed E-state index contributed by atoms with van der Waals surface area (Å²) in [6.07, 6.45) is 1.57. The number of aryl methyl sites for hydroxylation is 1. The number of hydrogen-bond acceptors (Lipinski definition) is 4. The first-order valence-corrected chi connectivity index (χ1v) is 5.44. The van der Waals surface area contributed by atoms with Crippen LogP contribution >= 0.6 is 11.8 Å². The molecule has 0 bridgehead atoms. The van der Waals surface area contributed by atoms with Crippen molar-refractivity contribution in [2.45, 2.75) is 16.7 Å². The summed E-state index contributed by atoms with van der Waals surface area (Å²) in [4.78, 5) is 0.651. The summed E-state index contributed by atoms with van der Waals surface area (Å²) in [5, 5.41) is 17.4. The van der Waals surface area contributed by atoms with Crippen molar-refractivity contribution in [2.24, 2.45) is 7.05 Å². The minimum Gasteiger partial charge on any atom is -0.392 e. The van der Waals surface area contributed by atoms with Gasteiger partial charge in [0.15, 0.2) is 5.16 Å². The second kappa shape index (κ2) is 4.63. The number of aromatic nitrogens is 3. The second-order valence-corrected chi connectivity index (χ2v) is 4.21. The van der Waals surface area contributed by atoms with Crippen molar-refractivity contribution in [1.29, 1.82) is 0 Å². The van der Waals surface area contributed by atoms with Gasteiger partial charge in [0.25, 0.3) is 0 Å². The third-order valence-corrected chi connectivity index (χ3v) is 3.26. The van der Waals surface area contributed by atoms with E-state index in [4.69, 9.17) is 5.11 Å². The molecular formula is C10H10FN3OS. The standard InChI is InChI=1S/C10H10FN3OS/c1-14-6-12-13-10(14)16-9-4-2-3-8(11)7(9)5-15/h2-4,6,15H,5H2,1H3. The van der Waals surface area contributed by atoms with E-state index in [1.165, 1.54) is 17.8 Å². The van der Waals surface area contributed by atoms with Gasteiger partial charge in [-0.2, -0.15) is 0 Å². The summed E-state index contributed by atoms with van der Waals surface area (Å²) in [6, 6.07) is 4.67. The second-order valence-electron chi connectivity index (χ2n) is 3.20. The van der Waals surface area contributed by atoms with E-state index in [2.05, 4.69) is 10.2 Å². The van der Waals surface area contributed by atoms with Crippen LogP contribution in [0.4, 0.5) is 4.39 Å². The molecule has 0 amide bonds. The van der Waals surface area contributed by atoms with E-state index < -0.39 is 5.82 Å². The van der Waals surface area contributed by atoms with Gasteiger partial charge in [0, 0.05) is 17.5 Å². The number of rotatable bonds is 3. The highest BCUT2D eigenvalue weighted by Crippen LogP contribution is 2.29. The minimum absolute atomic E-state index is 0.288. The topological polar surface area (TPSA) is 50.9 Å². The van der Waals surface area contributed by atoms with Crippen LogP contribution in [0.15, 0.2) is 34.6 Å². The molecule has 2 aromatic rings. The van der Waals surface area contributed by atoms with Crippen LogP contribution in [0.2, 0.25) is 0 Å². The molecular weight excluding hydrogens is 229 g/mol. The van der Waals surface area contributed by atoms with Crippen LogP contribution < -0.4 is 0 Å². The monoisotopic (exact) mass is 239 g/mol. The maximum absolute atomic E-state index is 13.4. The van der Waals surface area contributed by atoms with E-state index >= 15 is 0 Å². The Hall–Kier alpha value is -1.40. The predicted octanol–water partition coefficient (Wildman–Crippen LogP) is 1.60. The summed E-state index contributed by atoms with van der Waals surface area (Å²) in [5.41, 5.74) is 0.288. The van der Waals surface area contributed by atoms with Crippen molar-refractivity contribution in [3.8, 4) is 0 Å². The maximum Gasteiger partial charge on any atom is 0.195 e. The molecule has 0 saturated heterocycles. The molecule has 0 unspecified atom stereocenters. The Morgan fingerprint density at radius 3 is 2.94 bits per heavy atom. The number of halogens is 1. The van der Waals surface area contributed by atoms with Crippen LogP contribution in [0.3, 0.4) is 0 Å². The van der Waals surface area contributed by atoms with E-state index in [1.54, 1.807) is 30.1 Å². The molecule has 1 aromatic carbocycles. The SMILES string of the molecule is Cn1cnnc1Sc1cccc(F)c1CO. The first-order valence-electron chi connectivity index (χ1n) is 4.62. The van der Waals surface area contributed by atoms with E-state index in [9.17, 15) is 4.39 Å². The smallest absolute Gasteiger partial charge is 0.195 e. The lowest BCUT2D eigenvalue weighted by atomic mass is 10.2. The third kappa shape index (κ3) is 2.07. The van der Waals surface area contributed by atoms with Gasteiger partial charge in [-0.3, -0.25) is 0 Å². The zero-order valence-corrected chi connectivity index (χ0v) is 9.41. The van der Waals surface area contributed by atoms with Gasteiger partial charge in [-0.25, -0.2) is 4.39 Å². The lowest BCUT2D eigenvalue weighted by molar-refractivity contribution is 0.272. The predicted molar refractivity (Wildman–Crippen MR) is 57.4 cm³/mol. The van der Waals surface area contributed by atoms with Crippen molar-refractivity contribution < 1.29 is 9.50 Å². The van der Waals surface area contributed by atoms with E-state index in [0.717, 1.165) is 0 Å². The molecule has 0 aliphatic carbocycles. The van der Waals surface area contributed by atoms with Crippen molar-refractivity contribution in [3.63, 3.8) is 0 Å². The highest BCUT2D eigenvalue weighted by molar-refractivity contribution is 7.99. The highest BCUT2D eigenvalue weighted by Gasteiger charge is 2.11. The normalized spacial score (nSPS) is 10.7. The van der Waals surface area contributed by atoms with Crippen LogP contribution in [-0.2, 0) is 13.7 Å². The fraction of sp³-hybridized carbons (Fsp3) is 0.200. The molecule has 0 radical (unpaired) electrons. The summed E-state index contributed by atoms with van der Waals surface area (Å²) >= 11 is 1.28. The van der Waals surface area contributed by atoms with Crippen molar-refractivity contribution in [1.82, 2.24) is 14.8 Å². The Morgan fingerprint density at radius 1 is 1.50 bits per heavy atom. The van der Waals surface area contributed by atoms with Crippen molar-refractivity contribution >= 4 is 11.8 Å².